The number of hydrogen-bond donors (Lipinski definition) is 2. The Kier molecular flexibility index (Phi) is 4.60. The highest BCUT2D eigenvalue weighted by molar-refractivity contribution is 9.10. The van der Waals surface area contributed by atoms with Gasteiger partial charge in [0.05, 0.1) is 12.3 Å². The van der Waals surface area contributed by atoms with E-state index in [0.717, 1.165) is 22.1 Å². The second-order valence-electron chi connectivity index (χ2n) is 5.04. The lowest BCUT2D eigenvalue weighted by Gasteiger charge is -2.24. The highest BCUT2D eigenvalue weighted by Gasteiger charge is 2.30. The molecule has 1 aliphatic rings. The quantitative estimate of drug-likeness (QED) is 0.871. The molecule has 2 atom stereocenters. The van der Waals surface area contributed by atoms with Crippen LogP contribution in [0.1, 0.15) is 18.9 Å². The predicted molar refractivity (Wildman–Crippen MR) is 79.3 cm³/mol. The van der Waals surface area contributed by atoms with Gasteiger partial charge in [0, 0.05) is 17.1 Å². The molecule has 2 unspecified atom stereocenters. The first-order chi connectivity index (χ1) is 9.02. The fourth-order valence-electron chi connectivity index (χ4n) is 2.32. The number of aliphatic hydroxyl groups is 1. The van der Waals surface area contributed by atoms with Gasteiger partial charge in [-0.2, -0.15) is 0 Å². The van der Waals surface area contributed by atoms with Crippen molar-refractivity contribution < 1.29 is 9.90 Å². The van der Waals surface area contributed by atoms with Gasteiger partial charge in [-0.1, -0.05) is 6.07 Å². The van der Waals surface area contributed by atoms with Gasteiger partial charge in [-0.3, -0.25) is 4.79 Å². The summed E-state index contributed by atoms with van der Waals surface area (Å²) in [6.45, 7) is 4.52. The number of nitrogens with one attached hydrogen (secondary N) is 1. The summed E-state index contributed by atoms with van der Waals surface area (Å²) in [6, 6.07) is 5.63. The van der Waals surface area contributed by atoms with Crippen LogP contribution in [0.4, 0.5) is 5.69 Å². The van der Waals surface area contributed by atoms with E-state index >= 15 is 0 Å². The molecule has 1 aliphatic heterocycles. The SMILES string of the molecule is Cc1ccc(N2CCC(C)NC(CO)C2=O)c(Br)c1. The molecule has 1 heterocycles. The topological polar surface area (TPSA) is 52.6 Å². The molecule has 1 saturated heterocycles. The van der Waals surface area contributed by atoms with Gasteiger partial charge < -0.3 is 15.3 Å². The molecule has 19 heavy (non-hydrogen) atoms. The van der Waals surface area contributed by atoms with Gasteiger partial charge in [0.15, 0.2) is 0 Å². The lowest BCUT2D eigenvalue weighted by atomic mass is 10.2. The fourth-order valence-corrected chi connectivity index (χ4v) is 3.03. The fraction of sp³-hybridized carbons (Fsp3) is 0.500. The summed E-state index contributed by atoms with van der Waals surface area (Å²) in [7, 11) is 0. The Bertz CT molecular complexity index is 479. The van der Waals surface area contributed by atoms with Crippen molar-refractivity contribution in [3.8, 4) is 0 Å². The van der Waals surface area contributed by atoms with Crippen LogP contribution in [0.5, 0.6) is 0 Å². The summed E-state index contributed by atoms with van der Waals surface area (Å²) >= 11 is 3.52. The Morgan fingerprint density at radius 2 is 2.26 bits per heavy atom. The van der Waals surface area contributed by atoms with Gasteiger partial charge >= 0.3 is 0 Å². The van der Waals surface area contributed by atoms with Crippen LogP contribution < -0.4 is 10.2 Å². The number of hydrogen-bond acceptors (Lipinski definition) is 3. The minimum Gasteiger partial charge on any atom is -0.394 e. The summed E-state index contributed by atoms with van der Waals surface area (Å²) in [5.41, 5.74) is 2.01. The average Bonchev–Trinajstić information content (AvgIpc) is 2.50. The van der Waals surface area contributed by atoms with E-state index < -0.39 is 6.04 Å². The molecule has 1 fully saturated rings. The summed E-state index contributed by atoms with van der Waals surface area (Å²) in [5, 5.41) is 12.5. The van der Waals surface area contributed by atoms with Gasteiger partial charge in [-0.25, -0.2) is 0 Å². The number of carbonyl (C=O) groups is 1. The molecule has 2 rings (SSSR count). The number of halogens is 1. The first kappa shape index (κ1) is 14.5. The van der Waals surface area contributed by atoms with Crippen LogP contribution in [-0.4, -0.2) is 36.2 Å². The van der Waals surface area contributed by atoms with E-state index in [9.17, 15) is 9.90 Å². The van der Waals surface area contributed by atoms with Crippen LogP contribution in [0.25, 0.3) is 0 Å². The second kappa shape index (κ2) is 6.03. The summed E-state index contributed by atoms with van der Waals surface area (Å²) in [5.74, 6) is -0.0728. The smallest absolute Gasteiger partial charge is 0.246 e. The minimum absolute atomic E-state index is 0.0728. The highest BCUT2D eigenvalue weighted by Crippen LogP contribution is 2.29. The van der Waals surface area contributed by atoms with Crippen LogP contribution in [0.2, 0.25) is 0 Å². The zero-order valence-electron chi connectivity index (χ0n) is 11.2. The van der Waals surface area contributed by atoms with Crippen molar-refractivity contribution in [1.29, 1.82) is 0 Å². The second-order valence-corrected chi connectivity index (χ2v) is 5.89. The van der Waals surface area contributed by atoms with E-state index in [2.05, 4.69) is 21.2 Å². The van der Waals surface area contributed by atoms with Crippen molar-refractivity contribution in [2.45, 2.75) is 32.4 Å². The first-order valence-corrected chi connectivity index (χ1v) is 7.26. The number of anilines is 1. The van der Waals surface area contributed by atoms with Crippen LogP contribution >= 0.6 is 15.9 Å². The summed E-state index contributed by atoms with van der Waals surface area (Å²) in [4.78, 5) is 14.2. The van der Waals surface area contributed by atoms with Gasteiger partial charge in [0.25, 0.3) is 0 Å². The molecular formula is C14H19BrN2O2. The lowest BCUT2D eigenvalue weighted by Crippen LogP contribution is -2.47. The van der Waals surface area contributed by atoms with Crippen molar-refractivity contribution in [2.24, 2.45) is 0 Å². The van der Waals surface area contributed by atoms with Crippen molar-refractivity contribution in [2.75, 3.05) is 18.1 Å². The molecule has 0 radical (unpaired) electrons. The van der Waals surface area contributed by atoms with Crippen LogP contribution in [-0.2, 0) is 4.79 Å². The highest BCUT2D eigenvalue weighted by atomic mass is 79.9. The molecule has 0 saturated carbocycles. The molecule has 0 aliphatic carbocycles. The standard InChI is InChI=1S/C14H19BrN2O2/c1-9-3-4-13(11(15)7-9)17-6-5-10(2)16-12(8-18)14(17)19/h3-4,7,10,12,16,18H,5-6,8H2,1-2H3. The molecule has 104 valence electrons. The molecule has 1 amide bonds. The van der Waals surface area contributed by atoms with E-state index in [4.69, 9.17) is 0 Å². The Morgan fingerprint density at radius 3 is 2.89 bits per heavy atom. The van der Waals surface area contributed by atoms with E-state index in [1.807, 2.05) is 32.0 Å². The Hall–Kier alpha value is -0.910. The molecule has 1 aromatic rings. The lowest BCUT2D eigenvalue weighted by molar-refractivity contribution is -0.121. The van der Waals surface area contributed by atoms with Crippen molar-refractivity contribution in [3.63, 3.8) is 0 Å². The van der Waals surface area contributed by atoms with E-state index in [0.29, 0.717) is 6.54 Å². The van der Waals surface area contributed by atoms with Crippen molar-refractivity contribution in [1.82, 2.24) is 5.32 Å². The maximum Gasteiger partial charge on any atom is 0.246 e. The van der Waals surface area contributed by atoms with Gasteiger partial charge in [0.2, 0.25) is 5.91 Å². The maximum atomic E-state index is 12.4. The predicted octanol–water partition coefficient (Wildman–Crippen LogP) is 1.83. The molecule has 0 spiro atoms. The third kappa shape index (κ3) is 3.16. The number of aryl methyl sites for hydroxylation is 1. The number of nitrogens with zero attached hydrogens (tertiary/aromatic N) is 1. The maximum absolute atomic E-state index is 12.4. The zero-order valence-corrected chi connectivity index (χ0v) is 12.8. The summed E-state index contributed by atoms with van der Waals surface area (Å²) in [6.07, 6.45) is 0.864. The largest absolute Gasteiger partial charge is 0.394 e. The third-order valence-electron chi connectivity index (χ3n) is 3.41. The molecule has 0 aromatic heterocycles. The minimum atomic E-state index is -0.522. The third-order valence-corrected chi connectivity index (χ3v) is 4.05. The van der Waals surface area contributed by atoms with Gasteiger partial charge in [0.1, 0.15) is 6.04 Å². The van der Waals surface area contributed by atoms with Gasteiger partial charge in [-0.05, 0) is 53.9 Å². The molecule has 0 bridgehead atoms. The van der Waals surface area contributed by atoms with Crippen molar-refractivity contribution in [3.05, 3.63) is 28.2 Å². The van der Waals surface area contributed by atoms with E-state index in [1.165, 1.54) is 0 Å². The zero-order chi connectivity index (χ0) is 14.0. The Morgan fingerprint density at radius 1 is 1.53 bits per heavy atom. The van der Waals surface area contributed by atoms with E-state index in [-0.39, 0.29) is 18.6 Å². The Balaban J connectivity index is 2.33. The number of benzene rings is 1. The normalized spacial score (nSPS) is 24.4. The molecule has 1 aromatic carbocycles. The van der Waals surface area contributed by atoms with Crippen molar-refractivity contribution >= 4 is 27.5 Å². The van der Waals surface area contributed by atoms with Crippen LogP contribution in [0.15, 0.2) is 22.7 Å². The number of amides is 1. The number of rotatable bonds is 2. The van der Waals surface area contributed by atoms with Crippen LogP contribution in [0.3, 0.4) is 0 Å². The average molecular weight is 327 g/mol. The molecular weight excluding hydrogens is 308 g/mol. The molecule has 4 nitrogen and oxygen atoms in total. The first-order valence-electron chi connectivity index (χ1n) is 6.47. The van der Waals surface area contributed by atoms with Gasteiger partial charge in [-0.15, -0.1) is 0 Å². The summed E-state index contributed by atoms with van der Waals surface area (Å²) < 4.78 is 0.909. The monoisotopic (exact) mass is 326 g/mol. The van der Waals surface area contributed by atoms with Crippen LogP contribution in [0, 0.1) is 6.92 Å². The number of carbonyl (C=O) groups excluding carboxylic acids is 1. The van der Waals surface area contributed by atoms with E-state index in [1.54, 1.807) is 4.90 Å². The Labute approximate surface area is 121 Å². The molecule has 5 heteroatoms. The number of aliphatic hydroxyl groups excluding tert-OH is 1. The molecule has 2 N–H and O–H groups in total.